The summed E-state index contributed by atoms with van der Waals surface area (Å²) in [5.74, 6) is 1.95. The van der Waals surface area contributed by atoms with Crippen molar-refractivity contribution in [1.82, 2.24) is 10.3 Å². The highest BCUT2D eigenvalue weighted by Crippen LogP contribution is 2.38. The predicted octanol–water partition coefficient (Wildman–Crippen LogP) is 5.81. The average molecular weight is 514 g/mol. The Kier molecular flexibility index (Phi) is 7.46. The van der Waals surface area contributed by atoms with Crippen LogP contribution in [0.5, 0.6) is 23.0 Å². The molecule has 0 radical (unpaired) electrons. The summed E-state index contributed by atoms with van der Waals surface area (Å²) in [6.07, 6.45) is 1.91. The van der Waals surface area contributed by atoms with Gasteiger partial charge in [-0.05, 0) is 54.0 Å². The number of pyridine rings is 1. The summed E-state index contributed by atoms with van der Waals surface area (Å²) >= 11 is 13.2. The predicted molar refractivity (Wildman–Crippen MR) is 139 cm³/mol. The van der Waals surface area contributed by atoms with Crippen molar-refractivity contribution in [3.8, 4) is 23.0 Å². The third-order valence-corrected chi connectivity index (χ3v) is 6.16. The maximum absolute atomic E-state index is 12.1. The smallest absolute Gasteiger partial charge is 0.231 e. The monoisotopic (exact) mass is 513 g/mol. The molecular weight excluding hydrogens is 494 g/mol. The number of anilines is 1. The molecule has 0 bridgehead atoms. The second-order valence-electron chi connectivity index (χ2n) is 7.04. The minimum absolute atomic E-state index is 0.187. The summed E-state index contributed by atoms with van der Waals surface area (Å²) in [5, 5.41) is 8.85. The van der Waals surface area contributed by atoms with E-state index in [1.165, 1.54) is 11.3 Å². The number of ether oxygens (including phenoxy) is 3. The van der Waals surface area contributed by atoms with E-state index in [1.807, 2.05) is 17.5 Å². The van der Waals surface area contributed by atoms with Gasteiger partial charge in [0.05, 0.1) is 31.2 Å². The van der Waals surface area contributed by atoms with Crippen LogP contribution < -0.4 is 24.8 Å². The molecule has 4 aromatic rings. The van der Waals surface area contributed by atoms with Crippen LogP contribution in [0.1, 0.15) is 4.88 Å². The number of carbonyl (C=O) groups is 1. The first-order valence-electron chi connectivity index (χ1n) is 10.1. The van der Waals surface area contributed by atoms with Crippen molar-refractivity contribution < 1.29 is 19.0 Å². The number of benzene rings is 2. The van der Waals surface area contributed by atoms with Gasteiger partial charge in [0.2, 0.25) is 5.91 Å². The molecule has 0 aliphatic carbocycles. The highest BCUT2D eigenvalue weighted by Gasteiger charge is 2.13. The fourth-order valence-corrected chi connectivity index (χ4v) is 4.38. The maximum Gasteiger partial charge on any atom is 0.231 e. The van der Waals surface area contributed by atoms with Gasteiger partial charge < -0.3 is 24.8 Å². The first-order chi connectivity index (χ1) is 16.5. The maximum atomic E-state index is 12.1. The summed E-state index contributed by atoms with van der Waals surface area (Å²) < 4.78 is 16.8. The van der Waals surface area contributed by atoms with Crippen LogP contribution in [-0.2, 0) is 11.2 Å². The number of methoxy groups -OCH3 is 2. The molecule has 2 aromatic carbocycles. The third-order valence-electron chi connectivity index (χ3n) is 4.78. The van der Waals surface area contributed by atoms with Gasteiger partial charge in [-0.1, -0.05) is 17.7 Å². The number of hydrogen-bond acceptors (Lipinski definition) is 7. The molecule has 10 heteroatoms. The van der Waals surface area contributed by atoms with Gasteiger partial charge in [0.15, 0.2) is 16.6 Å². The molecule has 1 amide bonds. The van der Waals surface area contributed by atoms with E-state index in [1.54, 1.807) is 56.8 Å². The molecule has 0 saturated heterocycles. The van der Waals surface area contributed by atoms with Crippen LogP contribution in [0.25, 0.3) is 10.9 Å². The first kappa shape index (κ1) is 23.7. The molecule has 0 atom stereocenters. The number of fused-ring (bicyclic) bond motifs is 1. The normalized spacial score (nSPS) is 10.6. The summed E-state index contributed by atoms with van der Waals surface area (Å²) in [6, 6.07) is 14.3. The Morgan fingerprint density at radius 2 is 1.85 bits per heavy atom. The zero-order valence-electron chi connectivity index (χ0n) is 18.3. The Labute approximate surface area is 210 Å². The largest absolute Gasteiger partial charge is 0.493 e. The average Bonchev–Trinajstić information content (AvgIpc) is 3.32. The van der Waals surface area contributed by atoms with Crippen molar-refractivity contribution in [3.63, 3.8) is 0 Å². The first-order valence-corrected chi connectivity index (χ1v) is 11.7. The molecule has 2 N–H and O–H groups in total. The van der Waals surface area contributed by atoms with Crippen LogP contribution in [0, 0.1) is 0 Å². The zero-order valence-corrected chi connectivity index (χ0v) is 20.6. The van der Waals surface area contributed by atoms with E-state index >= 15 is 0 Å². The molecule has 0 saturated carbocycles. The van der Waals surface area contributed by atoms with Crippen LogP contribution in [0.4, 0.5) is 5.69 Å². The van der Waals surface area contributed by atoms with Crippen LogP contribution in [-0.4, -0.2) is 30.2 Å². The van der Waals surface area contributed by atoms with Gasteiger partial charge in [-0.3, -0.25) is 9.78 Å². The molecule has 0 fully saturated rings. The highest BCUT2D eigenvalue weighted by molar-refractivity contribution is 7.80. The molecule has 7 nitrogen and oxygen atoms in total. The van der Waals surface area contributed by atoms with Gasteiger partial charge in [-0.25, -0.2) is 0 Å². The molecule has 174 valence electrons. The van der Waals surface area contributed by atoms with E-state index in [0.717, 1.165) is 10.3 Å². The second-order valence-corrected chi connectivity index (χ2v) is 8.89. The quantitative estimate of drug-likeness (QED) is 0.301. The van der Waals surface area contributed by atoms with Gasteiger partial charge in [0.1, 0.15) is 11.5 Å². The Morgan fingerprint density at radius 1 is 1.06 bits per heavy atom. The van der Waals surface area contributed by atoms with Crippen molar-refractivity contribution >= 4 is 62.8 Å². The number of halogens is 1. The fraction of sp³-hybridized carbons (Fsp3) is 0.125. The van der Waals surface area contributed by atoms with E-state index in [0.29, 0.717) is 39.2 Å². The molecule has 2 aromatic heterocycles. The van der Waals surface area contributed by atoms with Crippen molar-refractivity contribution in [2.24, 2.45) is 0 Å². The molecule has 0 unspecified atom stereocenters. The third kappa shape index (κ3) is 5.56. The lowest BCUT2D eigenvalue weighted by molar-refractivity contribution is -0.118. The van der Waals surface area contributed by atoms with Crippen molar-refractivity contribution in [2.45, 2.75) is 6.42 Å². The lowest BCUT2D eigenvalue weighted by Gasteiger charge is -2.14. The fourth-order valence-electron chi connectivity index (χ4n) is 3.22. The topological polar surface area (TPSA) is 81.7 Å². The van der Waals surface area contributed by atoms with Gasteiger partial charge >= 0.3 is 0 Å². The Morgan fingerprint density at radius 3 is 2.56 bits per heavy atom. The summed E-state index contributed by atoms with van der Waals surface area (Å²) in [6.45, 7) is 0. The molecule has 0 aliphatic rings. The van der Waals surface area contributed by atoms with E-state index in [4.69, 9.17) is 38.0 Å². The van der Waals surface area contributed by atoms with Gasteiger partial charge in [-0.15, -0.1) is 11.3 Å². The van der Waals surface area contributed by atoms with Crippen molar-refractivity contribution in [1.29, 1.82) is 0 Å². The Bertz CT molecular complexity index is 1350. The molecular formula is C24H20ClN3O4S2. The SMILES string of the molecule is COc1cc2nccc(Oc3ccc(NC(=S)NC(=O)Cc4cccs4)cc3Cl)c2cc1OC. The number of nitrogens with zero attached hydrogens (tertiary/aromatic N) is 1. The standard InChI is InChI=1S/C24H20ClN3O4S2/c1-30-21-12-16-18(13-22(21)31-2)26-8-7-19(16)32-20-6-5-14(10-17(20)25)27-24(33)28-23(29)11-15-4-3-9-34-15/h3-10,12-13H,11H2,1-2H3,(H2,27,28,29,33). The summed E-state index contributed by atoms with van der Waals surface area (Å²) in [5.41, 5.74) is 1.30. The number of hydrogen-bond donors (Lipinski definition) is 2. The second kappa shape index (κ2) is 10.7. The van der Waals surface area contributed by atoms with Crippen LogP contribution in [0.3, 0.4) is 0 Å². The summed E-state index contributed by atoms with van der Waals surface area (Å²) in [4.78, 5) is 17.5. The van der Waals surface area contributed by atoms with Crippen molar-refractivity contribution in [2.75, 3.05) is 19.5 Å². The van der Waals surface area contributed by atoms with Gasteiger partial charge in [0.25, 0.3) is 0 Å². The zero-order chi connectivity index (χ0) is 24.1. The number of thiocarbonyl (C=S) groups is 1. The number of thiophene rings is 1. The van der Waals surface area contributed by atoms with E-state index in [-0.39, 0.29) is 17.4 Å². The van der Waals surface area contributed by atoms with E-state index < -0.39 is 0 Å². The Hall–Kier alpha value is -3.40. The number of nitrogens with one attached hydrogen (secondary N) is 2. The molecule has 0 spiro atoms. The van der Waals surface area contributed by atoms with Gasteiger partial charge in [-0.2, -0.15) is 0 Å². The van der Waals surface area contributed by atoms with Crippen molar-refractivity contribution in [3.05, 3.63) is 70.0 Å². The molecule has 0 aliphatic heterocycles. The van der Waals surface area contributed by atoms with E-state index in [9.17, 15) is 4.79 Å². The number of rotatable bonds is 7. The Balaban J connectivity index is 1.47. The van der Waals surface area contributed by atoms with Crippen LogP contribution in [0.2, 0.25) is 5.02 Å². The lowest BCUT2D eigenvalue weighted by Crippen LogP contribution is -2.34. The highest BCUT2D eigenvalue weighted by atomic mass is 35.5. The summed E-state index contributed by atoms with van der Waals surface area (Å²) in [7, 11) is 3.14. The van der Waals surface area contributed by atoms with Gasteiger partial charge in [0, 0.05) is 28.2 Å². The lowest BCUT2D eigenvalue weighted by atomic mass is 10.2. The minimum atomic E-state index is -0.192. The number of carbonyl (C=O) groups excluding carboxylic acids is 1. The molecule has 4 rings (SSSR count). The van der Waals surface area contributed by atoms with Crippen LogP contribution >= 0.6 is 35.2 Å². The minimum Gasteiger partial charge on any atom is -0.493 e. The number of amides is 1. The van der Waals surface area contributed by atoms with E-state index in [2.05, 4.69) is 15.6 Å². The van der Waals surface area contributed by atoms with Crippen LogP contribution in [0.15, 0.2) is 60.1 Å². The number of aromatic nitrogens is 1. The molecule has 2 heterocycles. The molecule has 34 heavy (non-hydrogen) atoms.